The average molecular weight is 595 g/mol. The van der Waals surface area contributed by atoms with Gasteiger partial charge < -0.3 is 19.3 Å². The smallest absolute Gasteiger partial charge is 0.416 e. The molecular weight excluding hydrogens is 557 g/mol. The topological polar surface area (TPSA) is 58.1 Å². The maximum Gasteiger partial charge on any atom is 0.416 e. The molecule has 6 rings (SSSR count). The summed E-state index contributed by atoms with van der Waals surface area (Å²) in [5.74, 6) is 1.49. The van der Waals surface area contributed by atoms with Crippen molar-refractivity contribution in [3.05, 3.63) is 83.7 Å². The zero-order valence-electron chi connectivity index (χ0n) is 24.3. The molecule has 4 heterocycles. The molecule has 0 N–H and O–H groups in total. The van der Waals surface area contributed by atoms with Crippen LogP contribution in [0.1, 0.15) is 42.4 Å². The van der Waals surface area contributed by atoms with Crippen molar-refractivity contribution in [2.24, 2.45) is 0 Å². The molecule has 2 fully saturated rings. The first-order valence-corrected chi connectivity index (χ1v) is 15.0. The first-order valence-electron chi connectivity index (χ1n) is 15.0. The molecule has 3 aliphatic rings. The molecule has 3 aliphatic heterocycles. The van der Waals surface area contributed by atoms with Gasteiger partial charge in [0, 0.05) is 88.7 Å². The number of benzene rings is 2. The Bertz CT molecular complexity index is 1390. The predicted octanol–water partition coefficient (Wildman–Crippen LogP) is 5.57. The third kappa shape index (κ3) is 6.90. The highest BCUT2D eigenvalue weighted by Gasteiger charge is 2.35. The number of aromatic nitrogens is 1. The first-order chi connectivity index (χ1) is 20.7. The van der Waals surface area contributed by atoms with E-state index in [0.717, 1.165) is 80.2 Å². The van der Waals surface area contributed by atoms with Crippen LogP contribution in [0.2, 0.25) is 0 Å². The SMILES string of the molecule is CN(C(=O)C1Cc2cc(OC3CCN(c4ccc(C(F)(F)F)cc4)CC3)ccc2O1)C1CCN(Cc2ccncc2)CC1. The highest BCUT2D eigenvalue weighted by Crippen LogP contribution is 2.35. The number of carbonyl (C=O) groups is 1. The molecule has 1 aromatic heterocycles. The summed E-state index contributed by atoms with van der Waals surface area (Å²) in [4.78, 5) is 23.9. The maximum atomic E-state index is 13.4. The molecule has 0 saturated carbocycles. The van der Waals surface area contributed by atoms with Crippen LogP contribution < -0.4 is 14.4 Å². The number of amides is 1. The van der Waals surface area contributed by atoms with Crippen LogP contribution in [0.25, 0.3) is 0 Å². The molecule has 43 heavy (non-hydrogen) atoms. The predicted molar refractivity (Wildman–Crippen MR) is 157 cm³/mol. The molecule has 0 bridgehead atoms. The number of piperidine rings is 2. The lowest BCUT2D eigenvalue weighted by Gasteiger charge is -2.37. The standard InChI is InChI=1S/C33H37F3N4O3/c1-38(26-10-16-39(17-11-26)22-23-8-14-37-15-9-23)32(41)31-21-24-20-29(6-7-30(24)43-31)42-28-12-18-40(19-13-28)27-4-2-25(3-5-27)33(34,35)36/h2-9,14-15,20,26,28,31H,10-13,16-19,21-22H2,1H3. The van der Waals surface area contributed by atoms with Gasteiger partial charge in [0.1, 0.15) is 17.6 Å². The Morgan fingerprint density at radius 2 is 1.67 bits per heavy atom. The van der Waals surface area contributed by atoms with E-state index >= 15 is 0 Å². The van der Waals surface area contributed by atoms with Gasteiger partial charge in [0.05, 0.1) is 5.56 Å². The molecule has 10 heteroatoms. The van der Waals surface area contributed by atoms with Crippen LogP contribution in [-0.2, 0) is 23.9 Å². The van der Waals surface area contributed by atoms with Crippen LogP contribution >= 0.6 is 0 Å². The number of pyridine rings is 1. The van der Waals surface area contributed by atoms with E-state index in [4.69, 9.17) is 9.47 Å². The van der Waals surface area contributed by atoms with Crippen LogP contribution in [0.3, 0.4) is 0 Å². The van der Waals surface area contributed by atoms with Gasteiger partial charge in [0.15, 0.2) is 6.10 Å². The molecule has 1 unspecified atom stereocenters. The number of anilines is 1. The fourth-order valence-electron chi connectivity index (χ4n) is 6.34. The number of nitrogens with zero attached hydrogens (tertiary/aromatic N) is 4. The largest absolute Gasteiger partial charge is 0.490 e. The van der Waals surface area contributed by atoms with Crippen molar-refractivity contribution in [2.45, 2.75) is 63.1 Å². The second-order valence-corrected chi connectivity index (χ2v) is 11.7. The number of likely N-dealkylation sites (N-methyl/N-ethyl adjacent to an activating group) is 1. The molecule has 228 valence electrons. The maximum absolute atomic E-state index is 13.4. The van der Waals surface area contributed by atoms with Crippen molar-refractivity contribution in [2.75, 3.05) is 38.1 Å². The Hall–Kier alpha value is -3.79. The molecule has 2 saturated heterocycles. The molecule has 7 nitrogen and oxygen atoms in total. The first kappa shape index (κ1) is 29.3. The van der Waals surface area contributed by atoms with Crippen molar-refractivity contribution in [1.29, 1.82) is 0 Å². The van der Waals surface area contributed by atoms with Gasteiger partial charge in [0.2, 0.25) is 0 Å². The van der Waals surface area contributed by atoms with Gasteiger partial charge in [-0.2, -0.15) is 13.2 Å². The van der Waals surface area contributed by atoms with E-state index in [2.05, 4.69) is 14.8 Å². The summed E-state index contributed by atoms with van der Waals surface area (Å²) in [5, 5.41) is 0. The number of ether oxygens (including phenoxy) is 2. The summed E-state index contributed by atoms with van der Waals surface area (Å²) in [6.07, 6.45) is 2.71. The van der Waals surface area contributed by atoms with E-state index < -0.39 is 17.8 Å². The highest BCUT2D eigenvalue weighted by atomic mass is 19.4. The van der Waals surface area contributed by atoms with E-state index in [1.54, 1.807) is 0 Å². The summed E-state index contributed by atoms with van der Waals surface area (Å²) < 4.78 is 51.0. The average Bonchev–Trinajstić information content (AvgIpc) is 3.45. The lowest BCUT2D eigenvalue weighted by atomic mass is 10.0. The molecule has 1 amide bonds. The normalized spacial score (nSPS) is 20.0. The lowest BCUT2D eigenvalue weighted by Crippen LogP contribution is -2.49. The molecule has 0 radical (unpaired) electrons. The van der Waals surface area contributed by atoms with E-state index in [-0.39, 0.29) is 18.1 Å². The van der Waals surface area contributed by atoms with Crippen LogP contribution in [0.15, 0.2) is 67.0 Å². The molecule has 0 aliphatic carbocycles. The fourth-order valence-corrected chi connectivity index (χ4v) is 6.34. The highest BCUT2D eigenvalue weighted by molar-refractivity contribution is 5.82. The Morgan fingerprint density at radius 3 is 2.35 bits per heavy atom. The minimum absolute atomic E-state index is 0.0130. The lowest BCUT2D eigenvalue weighted by molar-refractivity contribution is -0.139. The third-order valence-electron chi connectivity index (χ3n) is 8.89. The van der Waals surface area contributed by atoms with Gasteiger partial charge in [0.25, 0.3) is 5.91 Å². The summed E-state index contributed by atoms with van der Waals surface area (Å²) in [6.45, 7) is 4.20. The minimum Gasteiger partial charge on any atom is -0.490 e. The van der Waals surface area contributed by atoms with Gasteiger partial charge in [-0.1, -0.05) is 0 Å². The Kier molecular flexibility index (Phi) is 8.47. The number of rotatable bonds is 7. The van der Waals surface area contributed by atoms with Gasteiger partial charge in [-0.3, -0.25) is 14.7 Å². The van der Waals surface area contributed by atoms with E-state index in [0.29, 0.717) is 19.5 Å². The van der Waals surface area contributed by atoms with Crippen LogP contribution in [-0.4, -0.2) is 72.2 Å². The zero-order chi connectivity index (χ0) is 30.0. The number of carbonyl (C=O) groups excluding carboxylic acids is 1. The second-order valence-electron chi connectivity index (χ2n) is 11.7. The number of likely N-dealkylation sites (tertiary alicyclic amines) is 1. The Balaban J connectivity index is 0.969. The van der Waals surface area contributed by atoms with Gasteiger partial charge in [-0.15, -0.1) is 0 Å². The molecular formula is C33H37F3N4O3. The van der Waals surface area contributed by atoms with Crippen LogP contribution in [0, 0.1) is 0 Å². The van der Waals surface area contributed by atoms with Gasteiger partial charge in [-0.25, -0.2) is 0 Å². The minimum atomic E-state index is -4.33. The van der Waals surface area contributed by atoms with Crippen molar-refractivity contribution < 1.29 is 27.4 Å². The quantitative estimate of drug-likeness (QED) is 0.356. The molecule has 3 aromatic rings. The second kappa shape index (κ2) is 12.4. The van der Waals surface area contributed by atoms with Crippen molar-refractivity contribution in [1.82, 2.24) is 14.8 Å². The number of alkyl halides is 3. The number of fused-ring (bicyclic) bond motifs is 1. The van der Waals surface area contributed by atoms with E-state index in [9.17, 15) is 18.0 Å². The van der Waals surface area contributed by atoms with Crippen molar-refractivity contribution in [3.8, 4) is 11.5 Å². The van der Waals surface area contributed by atoms with Gasteiger partial charge >= 0.3 is 6.18 Å². The fraction of sp³-hybridized carbons (Fsp3) is 0.455. The zero-order valence-corrected chi connectivity index (χ0v) is 24.3. The van der Waals surface area contributed by atoms with Crippen molar-refractivity contribution in [3.63, 3.8) is 0 Å². The number of hydrogen-bond donors (Lipinski definition) is 0. The third-order valence-corrected chi connectivity index (χ3v) is 8.89. The van der Waals surface area contributed by atoms with E-state index in [1.807, 2.05) is 54.7 Å². The Morgan fingerprint density at radius 1 is 0.977 bits per heavy atom. The summed E-state index contributed by atoms with van der Waals surface area (Å²) in [6, 6.07) is 15.4. The molecule has 0 spiro atoms. The van der Waals surface area contributed by atoms with E-state index in [1.165, 1.54) is 17.7 Å². The number of halogens is 3. The monoisotopic (exact) mass is 594 g/mol. The number of hydrogen-bond acceptors (Lipinski definition) is 6. The summed E-state index contributed by atoms with van der Waals surface area (Å²) in [7, 11) is 1.89. The van der Waals surface area contributed by atoms with Crippen LogP contribution in [0.4, 0.5) is 18.9 Å². The Labute approximate surface area is 250 Å². The van der Waals surface area contributed by atoms with Crippen molar-refractivity contribution >= 4 is 11.6 Å². The molecule has 2 aromatic carbocycles. The summed E-state index contributed by atoms with van der Waals surface area (Å²) in [5.41, 5.74) is 2.38. The summed E-state index contributed by atoms with van der Waals surface area (Å²) >= 11 is 0. The van der Waals surface area contributed by atoms with Gasteiger partial charge in [-0.05, 0) is 73.0 Å². The van der Waals surface area contributed by atoms with Crippen LogP contribution in [0.5, 0.6) is 11.5 Å². The molecule has 1 atom stereocenters.